The number of nitrogens with zero attached hydrogens (tertiary/aromatic N) is 2. The Hall–Kier alpha value is -3.31. The van der Waals surface area contributed by atoms with Gasteiger partial charge in [-0.25, -0.2) is 4.98 Å². The van der Waals surface area contributed by atoms with E-state index in [0.717, 1.165) is 28.4 Å². The Morgan fingerprint density at radius 1 is 0.862 bits per heavy atom. The summed E-state index contributed by atoms with van der Waals surface area (Å²) < 4.78 is 13.6. The average molecular weight is 388 g/mol. The number of hydrogen-bond acceptors (Lipinski definition) is 4. The molecular formula is C24H24N2O3. The summed E-state index contributed by atoms with van der Waals surface area (Å²) >= 11 is 0. The minimum atomic E-state index is -0.676. The van der Waals surface area contributed by atoms with Gasteiger partial charge < -0.3 is 19.1 Å². The number of fused-ring (bicyclic) bond motifs is 1. The molecule has 4 aromatic rings. The zero-order valence-electron chi connectivity index (χ0n) is 16.4. The van der Waals surface area contributed by atoms with Gasteiger partial charge in [0.2, 0.25) is 0 Å². The Balaban J connectivity index is 1.48. The van der Waals surface area contributed by atoms with Crippen LogP contribution in [-0.4, -0.2) is 27.4 Å². The molecule has 0 unspecified atom stereocenters. The summed E-state index contributed by atoms with van der Waals surface area (Å²) in [4.78, 5) is 4.69. The molecule has 0 saturated carbocycles. The van der Waals surface area contributed by atoms with E-state index < -0.39 is 6.10 Å². The van der Waals surface area contributed by atoms with Gasteiger partial charge in [-0.05, 0) is 43.3 Å². The highest BCUT2D eigenvalue weighted by molar-refractivity contribution is 5.75. The van der Waals surface area contributed by atoms with Crippen molar-refractivity contribution in [3.05, 3.63) is 90.3 Å². The Morgan fingerprint density at radius 2 is 1.55 bits per heavy atom. The van der Waals surface area contributed by atoms with Crippen molar-refractivity contribution in [3.8, 4) is 11.5 Å². The highest BCUT2D eigenvalue weighted by Crippen LogP contribution is 2.19. The third-order valence-electron chi connectivity index (χ3n) is 4.70. The molecular weight excluding hydrogens is 364 g/mol. The van der Waals surface area contributed by atoms with Gasteiger partial charge in [0.05, 0.1) is 17.6 Å². The van der Waals surface area contributed by atoms with Crippen molar-refractivity contribution in [1.29, 1.82) is 0 Å². The molecule has 0 aliphatic carbocycles. The van der Waals surface area contributed by atoms with Crippen molar-refractivity contribution in [3.63, 3.8) is 0 Å². The normalized spacial score (nSPS) is 12.1. The number of imidazole rings is 1. The zero-order valence-corrected chi connectivity index (χ0v) is 16.4. The van der Waals surface area contributed by atoms with Gasteiger partial charge in [-0.15, -0.1) is 0 Å². The average Bonchev–Trinajstić information content (AvgIpc) is 3.10. The third-order valence-corrected chi connectivity index (χ3v) is 4.70. The van der Waals surface area contributed by atoms with Gasteiger partial charge in [-0.3, -0.25) is 0 Å². The molecule has 0 aliphatic heterocycles. The summed E-state index contributed by atoms with van der Waals surface area (Å²) in [5.41, 5.74) is 3.02. The maximum absolute atomic E-state index is 10.6. The molecule has 1 aromatic heterocycles. The second-order valence-corrected chi connectivity index (χ2v) is 7.01. The van der Waals surface area contributed by atoms with Gasteiger partial charge in [-0.1, -0.05) is 48.0 Å². The second-order valence-electron chi connectivity index (χ2n) is 7.01. The van der Waals surface area contributed by atoms with Crippen molar-refractivity contribution in [2.24, 2.45) is 0 Å². The van der Waals surface area contributed by atoms with Crippen molar-refractivity contribution >= 4 is 11.0 Å². The van der Waals surface area contributed by atoms with Gasteiger partial charge in [-0.2, -0.15) is 0 Å². The van der Waals surface area contributed by atoms with E-state index in [0.29, 0.717) is 13.2 Å². The van der Waals surface area contributed by atoms with Crippen LogP contribution < -0.4 is 9.47 Å². The smallest absolute Gasteiger partial charge is 0.148 e. The standard InChI is InChI=1S/C24H24N2O3/c1-18-11-13-21(14-12-18)28-16-19(27)15-26-23-10-6-5-9-22(23)25-24(26)17-29-20-7-3-2-4-8-20/h2-14,19,27H,15-17H2,1H3/t19-/m0/s1. The van der Waals surface area contributed by atoms with Gasteiger partial charge >= 0.3 is 0 Å². The quantitative estimate of drug-likeness (QED) is 0.487. The highest BCUT2D eigenvalue weighted by Gasteiger charge is 2.15. The van der Waals surface area contributed by atoms with Crippen LogP contribution in [0.25, 0.3) is 11.0 Å². The first-order valence-electron chi connectivity index (χ1n) is 9.68. The van der Waals surface area contributed by atoms with E-state index in [9.17, 15) is 5.11 Å². The predicted molar refractivity (Wildman–Crippen MR) is 113 cm³/mol. The molecule has 0 fully saturated rings. The lowest BCUT2D eigenvalue weighted by Crippen LogP contribution is -2.25. The fourth-order valence-electron chi connectivity index (χ4n) is 3.19. The van der Waals surface area contributed by atoms with Crippen LogP contribution in [0, 0.1) is 6.92 Å². The maximum Gasteiger partial charge on any atom is 0.148 e. The molecule has 1 heterocycles. The minimum Gasteiger partial charge on any atom is -0.491 e. The largest absolute Gasteiger partial charge is 0.491 e. The van der Waals surface area contributed by atoms with Crippen LogP contribution in [0.15, 0.2) is 78.9 Å². The molecule has 0 spiro atoms. The number of hydrogen-bond donors (Lipinski definition) is 1. The monoisotopic (exact) mass is 388 g/mol. The Kier molecular flexibility index (Phi) is 5.77. The van der Waals surface area contributed by atoms with Crippen molar-refractivity contribution in [2.45, 2.75) is 26.2 Å². The van der Waals surface area contributed by atoms with Crippen LogP contribution in [0.2, 0.25) is 0 Å². The second kappa shape index (κ2) is 8.80. The molecule has 5 heteroatoms. The topological polar surface area (TPSA) is 56.5 Å². The summed E-state index contributed by atoms with van der Waals surface area (Å²) in [7, 11) is 0. The van der Waals surface area contributed by atoms with Crippen molar-refractivity contribution in [2.75, 3.05) is 6.61 Å². The zero-order chi connectivity index (χ0) is 20.1. The summed E-state index contributed by atoms with van der Waals surface area (Å²) in [5.74, 6) is 2.30. The number of aliphatic hydroxyl groups excluding tert-OH is 1. The van der Waals surface area contributed by atoms with Crippen LogP contribution in [0.3, 0.4) is 0 Å². The molecule has 29 heavy (non-hydrogen) atoms. The Labute approximate surface area is 170 Å². The number of aryl methyl sites for hydroxylation is 1. The number of ether oxygens (including phenoxy) is 2. The van der Waals surface area contributed by atoms with E-state index in [1.165, 1.54) is 5.56 Å². The van der Waals surface area contributed by atoms with Crippen LogP contribution >= 0.6 is 0 Å². The third kappa shape index (κ3) is 4.76. The van der Waals surface area contributed by atoms with E-state index >= 15 is 0 Å². The minimum absolute atomic E-state index is 0.203. The molecule has 5 nitrogen and oxygen atoms in total. The fraction of sp³-hybridized carbons (Fsp3) is 0.208. The Morgan fingerprint density at radius 3 is 2.34 bits per heavy atom. The number of aliphatic hydroxyl groups is 1. The molecule has 148 valence electrons. The highest BCUT2D eigenvalue weighted by atomic mass is 16.5. The van der Waals surface area contributed by atoms with Gasteiger partial charge in [0, 0.05) is 0 Å². The molecule has 0 amide bonds. The first-order chi connectivity index (χ1) is 14.2. The van der Waals surface area contributed by atoms with Gasteiger partial charge in [0.1, 0.15) is 36.6 Å². The lowest BCUT2D eigenvalue weighted by molar-refractivity contribution is 0.0917. The van der Waals surface area contributed by atoms with Crippen LogP contribution in [0.5, 0.6) is 11.5 Å². The molecule has 1 N–H and O–H groups in total. The molecule has 3 aromatic carbocycles. The molecule has 0 saturated heterocycles. The van der Waals surface area contributed by atoms with E-state index in [4.69, 9.17) is 14.5 Å². The van der Waals surface area contributed by atoms with Gasteiger partial charge in [0.25, 0.3) is 0 Å². The summed E-state index contributed by atoms with van der Waals surface area (Å²) in [5, 5.41) is 10.6. The number of aromatic nitrogens is 2. The van der Waals surface area contributed by atoms with Crippen LogP contribution in [0.1, 0.15) is 11.4 Å². The van der Waals surface area contributed by atoms with E-state index in [1.807, 2.05) is 90.4 Å². The molecule has 4 rings (SSSR count). The maximum atomic E-state index is 10.6. The van der Waals surface area contributed by atoms with Gasteiger partial charge in [0.15, 0.2) is 0 Å². The molecule has 0 aliphatic rings. The predicted octanol–water partition coefficient (Wildman–Crippen LogP) is 4.36. The fourth-order valence-corrected chi connectivity index (χ4v) is 3.19. The number of rotatable bonds is 8. The van der Waals surface area contributed by atoms with Crippen LogP contribution in [0.4, 0.5) is 0 Å². The molecule has 0 radical (unpaired) electrons. The van der Waals surface area contributed by atoms with E-state index in [-0.39, 0.29) is 6.61 Å². The van der Waals surface area contributed by atoms with Crippen molar-refractivity contribution in [1.82, 2.24) is 9.55 Å². The Bertz CT molecular complexity index is 1060. The number of para-hydroxylation sites is 3. The van der Waals surface area contributed by atoms with E-state index in [2.05, 4.69) is 0 Å². The lowest BCUT2D eigenvalue weighted by atomic mass is 10.2. The molecule has 1 atom stereocenters. The summed E-state index contributed by atoms with van der Waals surface area (Å²) in [6.45, 7) is 2.93. The van der Waals surface area contributed by atoms with Crippen molar-refractivity contribution < 1.29 is 14.6 Å². The first-order valence-corrected chi connectivity index (χ1v) is 9.68. The molecule has 0 bridgehead atoms. The number of benzene rings is 3. The van der Waals surface area contributed by atoms with E-state index in [1.54, 1.807) is 0 Å². The SMILES string of the molecule is Cc1ccc(OC[C@@H](O)Cn2c(COc3ccccc3)nc3ccccc32)cc1. The summed E-state index contributed by atoms with van der Waals surface area (Å²) in [6, 6.07) is 25.3. The summed E-state index contributed by atoms with van der Waals surface area (Å²) in [6.07, 6.45) is -0.676. The first kappa shape index (κ1) is 19.0. The lowest BCUT2D eigenvalue weighted by Gasteiger charge is -2.16. The van der Waals surface area contributed by atoms with Crippen LogP contribution in [-0.2, 0) is 13.2 Å².